The lowest BCUT2D eigenvalue weighted by Gasteiger charge is -2.30. The average molecular weight is 402 g/mol. The number of rotatable bonds is 7. The normalized spacial score (nSPS) is 25.3. The van der Waals surface area contributed by atoms with Crippen LogP contribution in [0.4, 0.5) is 5.82 Å². The van der Waals surface area contributed by atoms with Crippen LogP contribution in [0.15, 0.2) is 6.07 Å². The maximum atomic E-state index is 9.76. The number of amides is 1. The van der Waals surface area contributed by atoms with Gasteiger partial charge in [-0.25, -0.2) is 4.68 Å². The lowest BCUT2D eigenvalue weighted by Crippen LogP contribution is -2.27. The Morgan fingerprint density at radius 3 is 2.68 bits per heavy atom. The topological polar surface area (TPSA) is 74.0 Å². The Hall–Kier alpha value is -1.68. The van der Waals surface area contributed by atoms with Crippen LogP contribution in [0.2, 0.25) is 0 Å². The van der Waals surface area contributed by atoms with Crippen LogP contribution in [-0.2, 0) is 4.79 Å². The highest BCUT2D eigenvalue weighted by Gasteiger charge is 2.42. The second-order valence-electron chi connectivity index (χ2n) is 8.76. The molecule has 3 aliphatic carbocycles. The van der Waals surface area contributed by atoms with Crippen molar-refractivity contribution >= 4 is 24.0 Å². The summed E-state index contributed by atoms with van der Waals surface area (Å²) in [7, 11) is 0. The molecule has 4 fully saturated rings. The van der Waals surface area contributed by atoms with Gasteiger partial charge < -0.3 is 10.2 Å². The first kappa shape index (κ1) is 19.6. The molecule has 4 aliphatic rings. The number of nitriles is 1. The number of carbonyl (C=O) groups is 1. The van der Waals surface area contributed by atoms with E-state index in [2.05, 4.69) is 39.7 Å². The molecule has 1 saturated heterocycles. The van der Waals surface area contributed by atoms with E-state index in [0.29, 0.717) is 12.5 Å². The van der Waals surface area contributed by atoms with Crippen LogP contribution < -0.4 is 10.2 Å². The van der Waals surface area contributed by atoms with Gasteiger partial charge in [-0.2, -0.15) is 22.1 Å². The summed E-state index contributed by atoms with van der Waals surface area (Å²) in [5.74, 6) is 3.85. The van der Waals surface area contributed by atoms with Crippen molar-refractivity contribution in [1.82, 2.24) is 15.1 Å². The number of hydrogen-bond acceptors (Lipinski definition) is 5. The molecule has 1 aromatic heterocycles. The van der Waals surface area contributed by atoms with Gasteiger partial charge in [0.2, 0.25) is 6.41 Å². The van der Waals surface area contributed by atoms with Crippen LogP contribution in [0.25, 0.3) is 0 Å². The standard InChI is InChI=1S/C16H25N3S.C5H6N2O/c1-12-9-16(19(17-12)14-3-2-4-14)18-8-7-15(10-18)20-11-13-5-6-13;6-3-5(1-2-5)7-4-8/h9,13-15H,2-8,10-11H2,1H3;4H,1-2H2,(H,7,8). The highest BCUT2D eigenvalue weighted by Crippen LogP contribution is 2.38. The van der Waals surface area contributed by atoms with Crippen molar-refractivity contribution in [2.24, 2.45) is 5.92 Å². The predicted octanol–water partition coefficient (Wildman–Crippen LogP) is 3.43. The van der Waals surface area contributed by atoms with Crippen molar-refractivity contribution in [1.29, 1.82) is 5.26 Å². The molecule has 2 heterocycles. The molecule has 28 heavy (non-hydrogen) atoms. The minimum Gasteiger partial charge on any atom is -0.356 e. The van der Waals surface area contributed by atoms with Gasteiger partial charge in [0.05, 0.1) is 17.8 Å². The summed E-state index contributed by atoms with van der Waals surface area (Å²) in [5, 5.41) is 16.4. The first-order valence-electron chi connectivity index (χ1n) is 10.7. The van der Waals surface area contributed by atoms with Gasteiger partial charge in [-0.3, -0.25) is 4.79 Å². The van der Waals surface area contributed by atoms with Gasteiger partial charge in [-0.15, -0.1) is 0 Å². The Morgan fingerprint density at radius 2 is 2.14 bits per heavy atom. The Balaban J connectivity index is 0.000000203. The summed E-state index contributed by atoms with van der Waals surface area (Å²) >= 11 is 2.22. The van der Waals surface area contributed by atoms with Crippen molar-refractivity contribution in [3.05, 3.63) is 11.8 Å². The average Bonchev–Trinajstić information content (AvgIpc) is 3.54. The molecule has 1 atom stereocenters. The van der Waals surface area contributed by atoms with Gasteiger partial charge >= 0.3 is 0 Å². The van der Waals surface area contributed by atoms with Crippen molar-refractivity contribution in [2.45, 2.75) is 75.1 Å². The second kappa shape index (κ2) is 8.36. The molecule has 1 aliphatic heterocycles. The Bertz CT molecular complexity index is 730. The van der Waals surface area contributed by atoms with E-state index in [9.17, 15) is 4.79 Å². The lowest BCUT2D eigenvalue weighted by molar-refractivity contribution is -0.110. The summed E-state index contributed by atoms with van der Waals surface area (Å²) in [4.78, 5) is 12.3. The number of carbonyl (C=O) groups excluding carboxylic acids is 1. The monoisotopic (exact) mass is 401 g/mol. The Morgan fingerprint density at radius 1 is 1.36 bits per heavy atom. The molecule has 0 aromatic carbocycles. The maximum absolute atomic E-state index is 9.76. The first-order chi connectivity index (χ1) is 13.6. The van der Waals surface area contributed by atoms with Gasteiger partial charge in [0.25, 0.3) is 0 Å². The van der Waals surface area contributed by atoms with Crippen molar-refractivity contribution in [3.8, 4) is 6.07 Å². The largest absolute Gasteiger partial charge is 0.356 e. The van der Waals surface area contributed by atoms with Crippen LogP contribution in [0.3, 0.4) is 0 Å². The molecule has 0 radical (unpaired) electrons. The molecule has 1 aromatic rings. The molecule has 6 nitrogen and oxygen atoms in total. The van der Waals surface area contributed by atoms with E-state index in [1.807, 2.05) is 6.07 Å². The fraction of sp³-hybridized carbons (Fsp3) is 0.762. The summed E-state index contributed by atoms with van der Waals surface area (Å²) in [6, 6.07) is 4.99. The molecule has 7 heteroatoms. The minimum atomic E-state index is -0.470. The summed E-state index contributed by atoms with van der Waals surface area (Å²) in [5.41, 5.74) is 0.711. The summed E-state index contributed by atoms with van der Waals surface area (Å²) in [6.07, 6.45) is 10.5. The SMILES string of the molecule is Cc1cc(N2CCC(SCC3CC3)C2)n(C2CCC2)n1.N#CC1(NC=O)CC1. The van der Waals surface area contributed by atoms with Crippen LogP contribution in [0, 0.1) is 24.2 Å². The van der Waals surface area contributed by atoms with E-state index in [1.165, 1.54) is 68.9 Å². The fourth-order valence-corrected chi connectivity index (χ4v) is 5.23. The molecule has 0 spiro atoms. The minimum absolute atomic E-state index is 0.470. The van der Waals surface area contributed by atoms with E-state index in [1.54, 1.807) is 0 Å². The molecule has 152 valence electrons. The molecule has 3 saturated carbocycles. The highest BCUT2D eigenvalue weighted by atomic mass is 32.2. The molecule has 5 rings (SSSR count). The summed E-state index contributed by atoms with van der Waals surface area (Å²) < 4.78 is 2.33. The van der Waals surface area contributed by atoms with E-state index < -0.39 is 5.54 Å². The first-order valence-corrected chi connectivity index (χ1v) is 11.7. The predicted molar refractivity (Wildman–Crippen MR) is 112 cm³/mol. The molecule has 0 bridgehead atoms. The Labute approximate surface area is 172 Å². The second-order valence-corrected chi connectivity index (χ2v) is 10.1. The van der Waals surface area contributed by atoms with Crippen LogP contribution >= 0.6 is 11.8 Å². The number of nitrogens with zero attached hydrogens (tertiary/aromatic N) is 4. The van der Waals surface area contributed by atoms with Gasteiger partial charge in [0.1, 0.15) is 11.4 Å². The third-order valence-electron chi connectivity index (χ3n) is 6.29. The Kier molecular flexibility index (Phi) is 5.86. The van der Waals surface area contributed by atoms with E-state index in [4.69, 9.17) is 10.4 Å². The van der Waals surface area contributed by atoms with Gasteiger partial charge in [0.15, 0.2) is 0 Å². The van der Waals surface area contributed by atoms with Crippen LogP contribution in [0.1, 0.15) is 63.1 Å². The quantitative estimate of drug-likeness (QED) is 0.709. The van der Waals surface area contributed by atoms with Crippen LogP contribution in [0.5, 0.6) is 0 Å². The smallest absolute Gasteiger partial charge is 0.208 e. The zero-order chi connectivity index (χ0) is 19.6. The van der Waals surface area contributed by atoms with E-state index in [0.717, 1.165) is 24.0 Å². The third-order valence-corrected chi connectivity index (χ3v) is 7.81. The molecular weight excluding hydrogens is 370 g/mol. The van der Waals surface area contributed by atoms with Gasteiger partial charge in [-0.05, 0) is 70.0 Å². The third kappa shape index (κ3) is 4.65. The number of hydrogen-bond donors (Lipinski definition) is 1. The zero-order valence-electron chi connectivity index (χ0n) is 16.8. The molecule has 1 unspecified atom stereocenters. The molecule has 1 N–H and O–H groups in total. The fourth-order valence-electron chi connectivity index (χ4n) is 3.79. The van der Waals surface area contributed by atoms with Gasteiger partial charge in [-0.1, -0.05) is 0 Å². The number of aromatic nitrogens is 2. The molecular formula is C21H31N5OS. The number of thioether (sulfide) groups is 1. The molecule has 1 amide bonds. The van der Waals surface area contributed by atoms with Crippen molar-refractivity contribution < 1.29 is 4.79 Å². The van der Waals surface area contributed by atoms with E-state index in [-0.39, 0.29) is 0 Å². The van der Waals surface area contributed by atoms with Crippen molar-refractivity contribution in [3.63, 3.8) is 0 Å². The number of nitrogens with one attached hydrogen (secondary N) is 1. The van der Waals surface area contributed by atoms with Crippen LogP contribution in [-0.4, -0.2) is 45.8 Å². The lowest BCUT2D eigenvalue weighted by atomic mass is 9.93. The number of anilines is 1. The highest BCUT2D eigenvalue weighted by molar-refractivity contribution is 7.99. The maximum Gasteiger partial charge on any atom is 0.208 e. The van der Waals surface area contributed by atoms with E-state index >= 15 is 0 Å². The van der Waals surface area contributed by atoms with Gasteiger partial charge in [0, 0.05) is 24.4 Å². The number of aryl methyl sites for hydroxylation is 1. The van der Waals surface area contributed by atoms with Crippen molar-refractivity contribution in [2.75, 3.05) is 23.7 Å². The summed E-state index contributed by atoms with van der Waals surface area (Å²) in [6.45, 7) is 4.59. The zero-order valence-corrected chi connectivity index (χ0v) is 17.6.